The van der Waals surface area contributed by atoms with Gasteiger partial charge in [-0.3, -0.25) is 9.40 Å². The van der Waals surface area contributed by atoms with Crippen molar-refractivity contribution in [2.45, 2.75) is 31.2 Å². The number of nitrogens with two attached hydrogens (primary N) is 1. The van der Waals surface area contributed by atoms with E-state index in [2.05, 4.69) is 16.7 Å². The Hall–Kier alpha value is -1.86. The Morgan fingerprint density at radius 1 is 1.29 bits per heavy atom. The van der Waals surface area contributed by atoms with Crippen molar-refractivity contribution in [1.82, 2.24) is 9.78 Å². The van der Waals surface area contributed by atoms with Crippen LogP contribution in [0.5, 0.6) is 0 Å². The van der Waals surface area contributed by atoms with Crippen molar-refractivity contribution in [2.75, 3.05) is 4.72 Å². The number of hydrogen-bond donors (Lipinski definition) is 2. The van der Waals surface area contributed by atoms with Gasteiger partial charge in [0.2, 0.25) is 0 Å². The fourth-order valence-electron chi connectivity index (χ4n) is 2.07. The summed E-state index contributed by atoms with van der Waals surface area (Å²) in [4.78, 5) is 0.228. The lowest BCUT2D eigenvalue weighted by atomic mass is 10.1. The van der Waals surface area contributed by atoms with Crippen LogP contribution in [0.3, 0.4) is 0 Å². The van der Waals surface area contributed by atoms with Crippen LogP contribution in [-0.2, 0) is 30.0 Å². The van der Waals surface area contributed by atoms with Gasteiger partial charge in [-0.25, -0.2) is 8.42 Å². The largest absolute Gasteiger partial charge is 0.326 e. The first kappa shape index (κ1) is 15.5. The second-order valence-electron chi connectivity index (χ2n) is 4.85. The lowest BCUT2D eigenvalue weighted by Gasteiger charge is -2.10. The Morgan fingerprint density at radius 3 is 2.52 bits per heavy atom. The van der Waals surface area contributed by atoms with Crippen LogP contribution in [-0.4, -0.2) is 18.2 Å². The number of nitrogens with one attached hydrogen (secondary N) is 1. The molecule has 1 aromatic heterocycles. The van der Waals surface area contributed by atoms with E-state index in [1.54, 1.807) is 25.4 Å². The maximum absolute atomic E-state index is 12.4. The number of anilines is 1. The van der Waals surface area contributed by atoms with Gasteiger partial charge in [0.1, 0.15) is 5.82 Å². The van der Waals surface area contributed by atoms with E-state index < -0.39 is 10.0 Å². The van der Waals surface area contributed by atoms with E-state index in [0.717, 1.165) is 18.4 Å². The number of nitrogens with zero attached hydrogens (tertiary/aromatic N) is 2. The van der Waals surface area contributed by atoms with Gasteiger partial charge in [0.15, 0.2) is 0 Å². The highest BCUT2D eigenvalue weighted by molar-refractivity contribution is 7.92. The van der Waals surface area contributed by atoms with Gasteiger partial charge in [-0.05, 0) is 24.1 Å². The summed E-state index contributed by atoms with van der Waals surface area (Å²) in [5.41, 5.74) is 7.37. The zero-order valence-corrected chi connectivity index (χ0v) is 13.0. The third kappa shape index (κ3) is 3.43. The molecule has 0 bridgehead atoms. The smallest absolute Gasteiger partial charge is 0.263 e. The molecule has 114 valence electrons. The summed E-state index contributed by atoms with van der Waals surface area (Å²) < 4.78 is 28.8. The molecule has 7 heteroatoms. The standard InChI is InChI=1S/C14H20N4O2S/c1-3-4-11-5-7-13(8-6-11)21(19,20)17-14-12(9-15)10-16-18(14)2/h5-8,10,17H,3-4,9,15H2,1-2H3. The van der Waals surface area contributed by atoms with Crippen molar-refractivity contribution in [2.24, 2.45) is 12.8 Å². The van der Waals surface area contributed by atoms with E-state index in [1.165, 1.54) is 4.68 Å². The highest BCUT2D eigenvalue weighted by Gasteiger charge is 2.18. The zero-order chi connectivity index (χ0) is 15.5. The van der Waals surface area contributed by atoms with Crippen LogP contribution >= 0.6 is 0 Å². The Bertz CT molecular complexity index is 705. The Labute approximate surface area is 125 Å². The van der Waals surface area contributed by atoms with Crippen molar-refractivity contribution in [3.8, 4) is 0 Å². The summed E-state index contributed by atoms with van der Waals surface area (Å²) in [6.45, 7) is 2.31. The van der Waals surface area contributed by atoms with Crippen LogP contribution in [0.2, 0.25) is 0 Å². The highest BCUT2D eigenvalue weighted by atomic mass is 32.2. The topological polar surface area (TPSA) is 90.0 Å². The molecule has 6 nitrogen and oxygen atoms in total. The summed E-state index contributed by atoms with van der Waals surface area (Å²) in [5.74, 6) is 0.398. The molecule has 0 aliphatic carbocycles. The van der Waals surface area contributed by atoms with E-state index >= 15 is 0 Å². The third-order valence-corrected chi connectivity index (χ3v) is 4.59. The molecule has 1 aromatic carbocycles. The molecule has 0 fully saturated rings. The molecule has 0 atom stereocenters. The quantitative estimate of drug-likeness (QED) is 0.848. The first-order valence-corrected chi connectivity index (χ1v) is 8.29. The van der Waals surface area contributed by atoms with Gasteiger partial charge in [0.05, 0.1) is 11.1 Å². The Balaban J connectivity index is 2.27. The van der Waals surface area contributed by atoms with E-state index in [9.17, 15) is 8.42 Å². The van der Waals surface area contributed by atoms with Crippen molar-refractivity contribution in [1.29, 1.82) is 0 Å². The molecule has 0 saturated heterocycles. The van der Waals surface area contributed by atoms with Gasteiger partial charge in [-0.2, -0.15) is 5.10 Å². The molecule has 3 N–H and O–H groups in total. The van der Waals surface area contributed by atoms with Crippen LogP contribution in [0, 0.1) is 0 Å². The minimum atomic E-state index is -3.64. The lowest BCUT2D eigenvalue weighted by molar-refractivity contribution is 0.600. The number of rotatable bonds is 6. The summed E-state index contributed by atoms with van der Waals surface area (Å²) in [5, 5.41) is 4.01. The Morgan fingerprint density at radius 2 is 1.95 bits per heavy atom. The first-order valence-electron chi connectivity index (χ1n) is 6.80. The van der Waals surface area contributed by atoms with Crippen LogP contribution < -0.4 is 10.5 Å². The summed E-state index contributed by atoms with van der Waals surface area (Å²) in [7, 11) is -1.97. The van der Waals surface area contributed by atoms with Gasteiger partial charge in [0.25, 0.3) is 10.0 Å². The molecule has 2 rings (SSSR count). The van der Waals surface area contributed by atoms with Crippen molar-refractivity contribution in [3.63, 3.8) is 0 Å². The monoisotopic (exact) mass is 308 g/mol. The summed E-state index contributed by atoms with van der Waals surface area (Å²) >= 11 is 0. The second kappa shape index (κ2) is 6.28. The fourth-order valence-corrected chi connectivity index (χ4v) is 3.20. The molecule has 0 aliphatic heterocycles. The molecular weight excluding hydrogens is 288 g/mol. The van der Waals surface area contributed by atoms with E-state index in [-0.39, 0.29) is 11.4 Å². The van der Waals surface area contributed by atoms with Gasteiger partial charge < -0.3 is 5.73 Å². The predicted octanol–water partition coefficient (Wildman–Crippen LogP) is 1.63. The summed E-state index contributed by atoms with van der Waals surface area (Å²) in [6.07, 6.45) is 3.52. The molecule has 1 heterocycles. The molecule has 0 amide bonds. The molecule has 21 heavy (non-hydrogen) atoms. The lowest BCUT2D eigenvalue weighted by Crippen LogP contribution is -2.17. The molecule has 0 unspecified atom stereocenters. The first-order chi connectivity index (χ1) is 9.97. The zero-order valence-electron chi connectivity index (χ0n) is 12.2. The van der Waals surface area contributed by atoms with Crippen LogP contribution in [0.25, 0.3) is 0 Å². The molecule has 0 aliphatic rings. The molecule has 0 saturated carbocycles. The van der Waals surface area contributed by atoms with E-state index in [0.29, 0.717) is 11.4 Å². The minimum Gasteiger partial charge on any atom is -0.326 e. The predicted molar refractivity (Wildman–Crippen MR) is 82.3 cm³/mol. The second-order valence-corrected chi connectivity index (χ2v) is 6.53. The molecule has 2 aromatic rings. The average molecular weight is 308 g/mol. The van der Waals surface area contributed by atoms with Gasteiger partial charge >= 0.3 is 0 Å². The van der Waals surface area contributed by atoms with Crippen LogP contribution in [0.1, 0.15) is 24.5 Å². The number of sulfonamides is 1. The maximum Gasteiger partial charge on any atom is 0.263 e. The van der Waals surface area contributed by atoms with Crippen molar-refractivity contribution in [3.05, 3.63) is 41.6 Å². The Kier molecular flexibility index (Phi) is 4.64. The van der Waals surface area contributed by atoms with Gasteiger partial charge in [-0.1, -0.05) is 25.5 Å². The maximum atomic E-state index is 12.4. The normalized spacial score (nSPS) is 11.6. The van der Waals surface area contributed by atoms with E-state index in [4.69, 9.17) is 5.73 Å². The van der Waals surface area contributed by atoms with Crippen LogP contribution in [0.15, 0.2) is 35.4 Å². The number of hydrogen-bond acceptors (Lipinski definition) is 4. The summed E-state index contributed by atoms with van der Waals surface area (Å²) in [6, 6.07) is 6.91. The fraction of sp³-hybridized carbons (Fsp3) is 0.357. The third-order valence-electron chi connectivity index (χ3n) is 3.24. The van der Waals surface area contributed by atoms with E-state index in [1.807, 2.05) is 12.1 Å². The number of aryl methyl sites for hydroxylation is 2. The van der Waals surface area contributed by atoms with Crippen molar-refractivity contribution < 1.29 is 8.42 Å². The van der Waals surface area contributed by atoms with Crippen molar-refractivity contribution >= 4 is 15.8 Å². The average Bonchev–Trinajstić information content (AvgIpc) is 2.80. The van der Waals surface area contributed by atoms with Gasteiger partial charge in [-0.15, -0.1) is 0 Å². The molecular formula is C14H20N4O2S. The SMILES string of the molecule is CCCc1ccc(S(=O)(=O)Nc2c(CN)cnn2C)cc1. The number of aromatic nitrogens is 2. The molecule has 0 spiro atoms. The highest BCUT2D eigenvalue weighted by Crippen LogP contribution is 2.19. The number of benzene rings is 1. The van der Waals surface area contributed by atoms with Crippen LogP contribution in [0.4, 0.5) is 5.82 Å². The van der Waals surface area contributed by atoms with Gasteiger partial charge in [0, 0.05) is 19.2 Å². The molecule has 0 radical (unpaired) electrons. The minimum absolute atomic E-state index is 0.223.